The first kappa shape index (κ1) is 13.0. The van der Waals surface area contributed by atoms with Crippen LogP contribution in [0.15, 0.2) is 24.3 Å². The van der Waals surface area contributed by atoms with Crippen LogP contribution in [0.2, 0.25) is 0 Å². The molecule has 2 rings (SSSR count). The van der Waals surface area contributed by atoms with Gasteiger partial charge in [0.25, 0.3) is 0 Å². The Labute approximate surface area is 107 Å². The normalized spacial score (nSPS) is 23.7. The van der Waals surface area contributed by atoms with Gasteiger partial charge in [-0.25, -0.2) is 4.39 Å². The second-order valence-electron chi connectivity index (χ2n) is 4.83. The quantitative estimate of drug-likeness (QED) is 0.856. The summed E-state index contributed by atoms with van der Waals surface area (Å²) in [7, 11) is 0. The largest absolute Gasteiger partial charge is 0.352 e. The van der Waals surface area contributed by atoms with Crippen molar-refractivity contribution in [3.05, 3.63) is 35.6 Å². The highest BCUT2D eigenvalue weighted by Crippen LogP contribution is 2.10. The molecule has 0 aromatic heterocycles. The number of nitrogens with one attached hydrogen (secondary N) is 2. The molecule has 1 aromatic carbocycles. The van der Waals surface area contributed by atoms with E-state index in [1.165, 1.54) is 6.07 Å². The molecule has 4 heteroatoms. The number of halogens is 1. The van der Waals surface area contributed by atoms with Gasteiger partial charge in [-0.3, -0.25) is 4.79 Å². The summed E-state index contributed by atoms with van der Waals surface area (Å²) in [6.45, 7) is 3.06. The van der Waals surface area contributed by atoms with Crippen LogP contribution >= 0.6 is 0 Å². The molecule has 2 N–H and O–H groups in total. The molecule has 0 aliphatic carbocycles. The van der Waals surface area contributed by atoms with E-state index in [1.807, 2.05) is 0 Å². The SMILES string of the molecule is C[C@H]1NCCC[C@H]1NC(=O)Cc1ccccc1F. The predicted octanol–water partition coefficient (Wildman–Crippen LogP) is 1.62. The fourth-order valence-corrected chi connectivity index (χ4v) is 2.31. The van der Waals surface area contributed by atoms with Crippen LogP contribution in [0.5, 0.6) is 0 Å². The number of hydrogen-bond donors (Lipinski definition) is 2. The van der Waals surface area contributed by atoms with Crippen LogP contribution in [-0.4, -0.2) is 24.5 Å². The maximum absolute atomic E-state index is 13.4. The van der Waals surface area contributed by atoms with Gasteiger partial charge in [-0.15, -0.1) is 0 Å². The maximum atomic E-state index is 13.4. The zero-order valence-electron chi connectivity index (χ0n) is 10.6. The van der Waals surface area contributed by atoms with E-state index in [0.717, 1.165) is 19.4 Å². The molecule has 1 fully saturated rings. The van der Waals surface area contributed by atoms with E-state index in [-0.39, 0.29) is 30.2 Å². The summed E-state index contributed by atoms with van der Waals surface area (Å²) in [5, 5.41) is 6.30. The average Bonchev–Trinajstić information content (AvgIpc) is 2.35. The predicted molar refractivity (Wildman–Crippen MR) is 68.7 cm³/mol. The molecular formula is C14H19FN2O. The van der Waals surface area contributed by atoms with Gasteiger partial charge < -0.3 is 10.6 Å². The van der Waals surface area contributed by atoms with Gasteiger partial charge in [0.05, 0.1) is 6.42 Å². The zero-order valence-corrected chi connectivity index (χ0v) is 10.6. The molecule has 1 aliphatic heterocycles. The Morgan fingerprint density at radius 3 is 3.00 bits per heavy atom. The van der Waals surface area contributed by atoms with Crippen molar-refractivity contribution in [1.82, 2.24) is 10.6 Å². The minimum atomic E-state index is -0.317. The molecule has 1 heterocycles. The van der Waals surface area contributed by atoms with Crippen molar-refractivity contribution in [2.45, 2.75) is 38.3 Å². The number of piperidine rings is 1. The van der Waals surface area contributed by atoms with E-state index in [4.69, 9.17) is 0 Å². The fourth-order valence-electron chi connectivity index (χ4n) is 2.31. The summed E-state index contributed by atoms with van der Waals surface area (Å²) < 4.78 is 13.4. The number of amides is 1. The highest BCUT2D eigenvalue weighted by atomic mass is 19.1. The average molecular weight is 250 g/mol. The molecule has 1 aliphatic rings. The van der Waals surface area contributed by atoms with Gasteiger partial charge in [0.2, 0.25) is 5.91 Å². The molecule has 98 valence electrons. The smallest absolute Gasteiger partial charge is 0.224 e. The first-order chi connectivity index (χ1) is 8.66. The standard InChI is InChI=1S/C14H19FN2O/c1-10-13(7-4-8-16-10)17-14(18)9-11-5-2-3-6-12(11)15/h2-3,5-6,10,13,16H,4,7-9H2,1H3,(H,17,18)/t10-,13-/m1/s1. The lowest BCUT2D eigenvalue weighted by Crippen LogP contribution is -2.52. The van der Waals surface area contributed by atoms with Crippen LogP contribution in [0.25, 0.3) is 0 Å². The van der Waals surface area contributed by atoms with Crippen molar-refractivity contribution in [2.75, 3.05) is 6.54 Å². The molecule has 3 nitrogen and oxygen atoms in total. The van der Waals surface area contributed by atoms with Crippen molar-refractivity contribution < 1.29 is 9.18 Å². The van der Waals surface area contributed by atoms with E-state index >= 15 is 0 Å². The number of rotatable bonds is 3. The van der Waals surface area contributed by atoms with Gasteiger partial charge >= 0.3 is 0 Å². The summed E-state index contributed by atoms with van der Waals surface area (Å²) in [5.41, 5.74) is 0.450. The van der Waals surface area contributed by atoms with Crippen molar-refractivity contribution in [3.8, 4) is 0 Å². The van der Waals surface area contributed by atoms with Gasteiger partial charge in [0.1, 0.15) is 5.82 Å². The Morgan fingerprint density at radius 1 is 1.50 bits per heavy atom. The Kier molecular flexibility index (Phi) is 4.31. The lowest BCUT2D eigenvalue weighted by atomic mass is 9.99. The van der Waals surface area contributed by atoms with Gasteiger partial charge in [0.15, 0.2) is 0 Å². The van der Waals surface area contributed by atoms with Crippen LogP contribution < -0.4 is 10.6 Å². The van der Waals surface area contributed by atoms with Crippen LogP contribution in [0.3, 0.4) is 0 Å². The van der Waals surface area contributed by atoms with Crippen LogP contribution in [0.4, 0.5) is 4.39 Å². The lowest BCUT2D eigenvalue weighted by molar-refractivity contribution is -0.121. The summed E-state index contributed by atoms with van der Waals surface area (Å²) >= 11 is 0. The molecule has 18 heavy (non-hydrogen) atoms. The zero-order chi connectivity index (χ0) is 13.0. The molecule has 0 saturated carbocycles. The van der Waals surface area contributed by atoms with Crippen molar-refractivity contribution in [3.63, 3.8) is 0 Å². The summed E-state index contributed by atoms with van der Waals surface area (Å²) in [4.78, 5) is 11.9. The van der Waals surface area contributed by atoms with E-state index in [2.05, 4.69) is 17.6 Å². The topological polar surface area (TPSA) is 41.1 Å². The molecule has 0 unspecified atom stereocenters. The van der Waals surface area contributed by atoms with E-state index in [1.54, 1.807) is 18.2 Å². The number of hydrogen-bond acceptors (Lipinski definition) is 2. The van der Waals surface area contributed by atoms with Crippen molar-refractivity contribution >= 4 is 5.91 Å². The molecule has 0 spiro atoms. The maximum Gasteiger partial charge on any atom is 0.224 e. The third kappa shape index (κ3) is 3.29. The fraction of sp³-hybridized carbons (Fsp3) is 0.500. The number of carbonyl (C=O) groups is 1. The monoisotopic (exact) mass is 250 g/mol. The van der Waals surface area contributed by atoms with E-state index in [9.17, 15) is 9.18 Å². The lowest BCUT2D eigenvalue weighted by Gasteiger charge is -2.30. The van der Waals surface area contributed by atoms with Crippen LogP contribution in [-0.2, 0) is 11.2 Å². The summed E-state index contributed by atoms with van der Waals surface area (Å²) in [6.07, 6.45) is 2.15. The third-order valence-corrected chi connectivity index (χ3v) is 3.42. The van der Waals surface area contributed by atoms with E-state index in [0.29, 0.717) is 5.56 Å². The van der Waals surface area contributed by atoms with Crippen molar-refractivity contribution in [2.24, 2.45) is 0 Å². The van der Waals surface area contributed by atoms with Gasteiger partial charge in [-0.2, -0.15) is 0 Å². The molecule has 2 atom stereocenters. The Bertz CT molecular complexity index is 422. The molecular weight excluding hydrogens is 231 g/mol. The first-order valence-corrected chi connectivity index (χ1v) is 6.43. The highest BCUT2D eigenvalue weighted by Gasteiger charge is 2.22. The van der Waals surface area contributed by atoms with Gasteiger partial charge in [-0.05, 0) is 37.9 Å². The van der Waals surface area contributed by atoms with E-state index < -0.39 is 0 Å². The van der Waals surface area contributed by atoms with Gasteiger partial charge in [-0.1, -0.05) is 18.2 Å². The molecule has 0 bridgehead atoms. The molecule has 1 aromatic rings. The van der Waals surface area contributed by atoms with Crippen LogP contribution in [0, 0.1) is 5.82 Å². The second-order valence-corrected chi connectivity index (χ2v) is 4.83. The molecule has 1 saturated heterocycles. The second kappa shape index (κ2) is 5.96. The van der Waals surface area contributed by atoms with Crippen molar-refractivity contribution in [1.29, 1.82) is 0 Å². The molecule has 1 amide bonds. The van der Waals surface area contributed by atoms with Gasteiger partial charge in [0, 0.05) is 12.1 Å². The summed E-state index contributed by atoms with van der Waals surface area (Å²) in [6, 6.07) is 6.84. The van der Waals surface area contributed by atoms with Crippen LogP contribution in [0.1, 0.15) is 25.3 Å². The highest BCUT2D eigenvalue weighted by molar-refractivity contribution is 5.79. The summed E-state index contributed by atoms with van der Waals surface area (Å²) in [5.74, 6) is -0.428. The number of benzene rings is 1. The first-order valence-electron chi connectivity index (χ1n) is 6.43. The Balaban J connectivity index is 1.90. The molecule has 0 radical (unpaired) electrons. The minimum Gasteiger partial charge on any atom is -0.352 e. The minimum absolute atomic E-state index is 0.107. The Hall–Kier alpha value is -1.42. The number of carbonyl (C=O) groups excluding carboxylic acids is 1. The Morgan fingerprint density at radius 2 is 2.28 bits per heavy atom. The third-order valence-electron chi connectivity index (χ3n) is 3.42.